The van der Waals surface area contributed by atoms with Gasteiger partial charge in [0.05, 0.1) is 38.6 Å². The van der Waals surface area contributed by atoms with Gasteiger partial charge in [-0.3, -0.25) is 4.79 Å². The van der Waals surface area contributed by atoms with Crippen molar-refractivity contribution in [1.29, 1.82) is 0 Å². The molecule has 3 aliphatic heterocycles. The number of aliphatic hydroxyl groups excluding tert-OH is 11. The average molecular weight is 1220 g/mol. The molecule has 0 aromatic heterocycles. The summed E-state index contributed by atoms with van der Waals surface area (Å²) in [7, 11) is 0. The first-order valence-corrected chi connectivity index (χ1v) is 32.1. The molecule has 0 radical (unpaired) electrons. The maximum Gasteiger partial charge on any atom is 0.220 e. The van der Waals surface area contributed by atoms with Crippen LogP contribution in [0.15, 0.2) is 109 Å². The summed E-state index contributed by atoms with van der Waals surface area (Å²) in [5, 5.41) is 120. The lowest BCUT2D eigenvalue weighted by Crippen LogP contribution is -2.66. The molecule has 0 aliphatic carbocycles. The number of ether oxygens (including phenoxy) is 6. The summed E-state index contributed by atoms with van der Waals surface area (Å²) in [5.41, 5.74) is 0. The van der Waals surface area contributed by atoms with Gasteiger partial charge in [-0.05, 0) is 96.3 Å². The van der Waals surface area contributed by atoms with Gasteiger partial charge in [-0.25, -0.2) is 0 Å². The second-order valence-corrected chi connectivity index (χ2v) is 22.5. The van der Waals surface area contributed by atoms with Crippen LogP contribution in [0.5, 0.6) is 0 Å². The lowest BCUT2D eigenvalue weighted by molar-refractivity contribution is -0.379. The molecule has 86 heavy (non-hydrogen) atoms. The van der Waals surface area contributed by atoms with E-state index in [2.05, 4.69) is 116 Å². The number of amides is 1. The summed E-state index contributed by atoms with van der Waals surface area (Å²) < 4.78 is 34.2. The van der Waals surface area contributed by atoms with Gasteiger partial charge in [0.2, 0.25) is 5.91 Å². The summed E-state index contributed by atoms with van der Waals surface area (Å²) in [6.07, 6.45) is 36.4. The maximum absolute atomic E-state index is 13.4. The molecule has 0 aromatic rings. The van der Waals surface area contributed by atoms with Crippen LogP contribution in [0.2, 0.25) is 0 Å². The van der Waals surface area contributed by atoms with Gasteiger partial charge < -0.3 is 89.9 Å². The third kappa shape index (κ3) is 30.8. The number of carbonyl (C=O) groups excluding carboxylic acids is 1. The number of aliphatic hydroxyl groups is 11. The molecule has 1 amide bonds. The minimum atomic E-state index is -1.99. The number of nitrogens with one attached hydrogen (secondary N) is 1. The smallest absolute Gasteiger partial charge is 0.220 e. The van der Waals surface area contributed by atoms with Gasteiger partial charge in [-0.2, -0.15) is 0 Å². The van der Waals surface area contributed by atoms with E-state index in [9.17, 15) is 61.0 Å². The molecule has 3 rings (SSSR count). The third-order valence-electron chi connectivity index (χ3n) is 15.3. The van der Waals surface area contributed by atoms with Crippen molar-refractivity contribution >= 4 is 5.91 Å². The number of hydrogen-bond donors (Lipinski definition) is 12. The maximum atomic E-state index is 13.4. The van der Waals surface area contributed by atoms with Crippen LogP contribution in [0.3, 0.4) is 0 Å². The van der Waals surface area contributed by atoms with Gasteiger partial charge >= 0.3 is 0 Å². The summed E-state index contributed by atoms with van der Waals surface area (Å²) in [5.74, 6) is -0.305. The molecule has 3 saturated heterocycles. The fourth-order valence-electron chi connectivity index (χ4n) is 10.0. The topological polar surface area (TPSA) is 307 Å². The summed E-state index contributed by atoms with van der Waals surface area (Å²) in [4.78, 5) is 13.4. The van der Waals surface area contributed by atoms with Crippen molar-refractivity contribution in [2.45, 2.75) is 279 Å². The number of unbranched alkanes of at least 4 members (excludes halogenated alkanes) is 14. The highest BCUT2D eigenvalue weighted by Gasteiger charge is 2.53. The second kappa shape index (κ2) is 48.3. The molecule has 3 fully saturated rings. The Kier molecular flexibility index (Phi) is 43.1. The van der Waals surface area contributed by atoms with Crippen LogP contribution in [0, 0.1) is 0 Å². The number of rotatable bonds is 46. The normalized spacial score (nSPS) is 29.5. The molecule has 0 bridgehead atoms. The van der Waals surface area contributed by atoms with Crippen LogP contribution < -0.4 is 5.32 Å². The molecule has 492 valence electrons. The minimum absolute atomic E-state index is 0.214. The standard InChI is InChI=1S/C67H111NO18/c1-3-5-7-9-11-13-15-17-19-20-21-22-23-24-25-26-27-28-29-30-31-33-35-37-39-41-43-45-55(73)68-50(51(72)44-42-40-38-36-34-32-18-16-14-12-10-8-6-4-2)49-81-65-61(79)58(76)63(53(47-70)83-65)86-67-62(80)59(77)64(54(48-71)84-67)85-66-60(78)57(75)56(74)52(46-69)82-66/h5,7,11,13-14,16-17,19,21-22,24-25,27-28,34,36,42,44,50-54,56-67,69-72,74-80H,3-4,6,8-10,12,15,18,20,23,26,29-33,35,37-41,43,45-49H2,1-2H3,(H,68,73)/b7-5-,13-11-,16-14+,19-17-,22-21-,25-24-,28-27-,36-34+,44-42+. The fraction of sp³-hybridized carbons (Fsp3) is 0.716. The Morgan fingerprint density at radius 3 is 1.30 bits per heavy atom. The first-order chi connectivity index (χ1) is 41.8. The molecule has 0 aromatic carbocycles. The molecule has 3 aliphatic rings. The Balaban J connectivity index is 1.46. The quantitative estimate of drug-likeness (QED) is 0.0214. The summed E-state index contributed by atoms with van der Waals surface area (Å²) in [6, 6.07) is -1.01. The van der Waals surface area contributed by atoms with E-state index >= 15 is 0 Å². The number of allylic oxidation sites excluding steroid dienone is 17. The van der Waals surface area contributed by atoms with Crippen LogP contribution >= 0.6 is 0 Å². The minimum Gasteiger partial charge on any atom is -0.394 e. The molecular formula is C67H111NO18. The predicted octanol–water partition coefficient (Wildman–Crippen LogP) is 7.10. The van der Waals surface area contributed by atoms with Gasteiger partial charge in [0.25, 0.3) is 0 Å². The van der Waals surface area contributed by atoms with Crippen LogP contribution in [-0.2, 0) is 33.2 Å². The Hall–Kier alpha value is -3.55. The highest BCUT2D eigenvalue weighted by Crippen LogP contribution is 2.33. The van der Waals surface area contributed by atoms with Crippen molar-refractivity contribution in [3.05, 3.63) is 109 Å². The van der Waals surface area contributed by atoms with E-state index in [0.29, 0.717) is 12.8 Å². The number of hydrogen-bond acceptors (Lipinski definition) is 18. The highest BCUT2D eigenvalue weighted by molar-refractivity contribution is 5.76. The van der Waals surface area contributed by atoms with Gasteiger partial charge in [0.1, 0.15) is 73.2 Å². The van der Waals surface area contributed by atoms with Crippen molar-refractivity contribution in [2.24, 2.45) is 0 Å². The molecule has 12 N–H and O–H groups in total. The molecule has 17 atom stereocenters. The summed E-state index contributed by atoms with van der Waals surface area (Å²) >= 11 is 0. The second-order valence-electron chi connectivity index (χ2n) is 22.5. The van der Waals surface area contributed by atoms with Crippen molar-refractivity contribution in [3.63, 3.8) is 0 Å². The lowest BCUT2D eigenvalue weighted by atomic mass is 9.96. The average Bonchev–Trinajstić information content (AvgIpc) is 1.96. The Bertz CT molecular complexity index is 1990. The largest absolute Gasteiger partial charge is 0.394 e. The van der Waals surface area contributed by atoms with Crippen LogP contribution in [0.25, 0.3) is 0 Å². The zero-order chi connectivity index (χ0) is 62.6. The number of carbonyl (C=O) groups is 1. The zero-order valence-corrected chi connectivity index (χ0v) is 51.5. The first kappa shape index (κ1) is 76.7. The predicted molar refractivity (Wildman–Crippen MR) is 332 cm³/mol. The van der Waals surface area contributed by atoms with E-state index in [-0.39, 0.29) is 18.9 Å². The zero-order valence-electron chi connectivity index (χ0n) is 51.5. The monoisotopic (exact) mass is 1220 g/mol. The van der Waals surface area contributed by atoms with Crippen LogP contribution in [-0.4, -0.2) is 193 Å². The van der Waals surface area contributed by atoms with E-state index in [4.69, 9.17) is 28.4 Å². The van der Waals surface area contributed by atoms with E-state index in [1.807, 2.05) is 6.08 Å². The van der Waals surface area contributed by atoms with Crippen LogP contribution in [0.4, 0.5) is 0 Å². The van der Waals surface area contributed by atoms with Crippen molar-refractivity contribution in [1.82, 2.24) is 5.32 Å². The van der Waals surface area contributed by atoms with E-state index in [0.717, 1.165) is 109 Å². The molecule has 0 saturated carbocycles. The molecule has 17 unspecified atom stereocenters. The Morgan fingerprint density at radius 2 is 0.814 bits per heavy atom. The summed E-state index contributed by atoms with van der Waals surface area (Å²) in [6.45, 7) is 1.52. The molecule has 3 heterocycles. The van der Waals surface area contributed by atoms with Gasteiger partial charge in [-0.1, -0.05) is 181 Å². The van der Waals surface area contributed by atoms with E-state index in [1.54, 1.807) is 6.08 Å². The fourth-order valence-corrected chi connectivity index (χ4v) is 10.0. The van der Waals surface area contributed by atoms with Gasteiger partial charge in [0, 0.05) is 6.42 Å². The molecule has 0 spiro atoms. The van der Waals surface area contributed by atoms with Crippen molar-refractivity contribution in [3.8, 4) is 0 Å². The Morgan fingerprint density at radius 1 is 0.430 bits per heavy atom. The SMILES string of the molecule is CC/C=C\C/C=C\C/C=C\C/C=C\C/C=C\C/C=C\CCCCCCCCCCC(=O)NC(COC1OC(CO)C(OC2OC(CO)C(OC3OC(CO)C(O)C(O)C3O)C(O)C2O)C(O)C1O)C(O)/C=C/CC/C=C/CC/C=C/CCCCCC. The molecule has 19 heteroatoms. The van der Waals surface area contributed by atoms with Crippen molar-refractivity contribution in [2.75, 3.05) is 26.4 Å². The lowest BCUT2D eigenvalue weighted by Gasteiger charge is -2.48. The molecular weight excluding hydrogens is 1110 g/mol. The van der Waals surface area contributed by atoms with Gasteiger partial charge in [0.15, 0.2) is 18.9 Å². The first-order valence-electron chi connectivity index (χ1n) is 32.1. The highest BCUT2D eigenvalue weighted by atomic mass is 16.8. The van der Waals surface area contributed by atoms with Gasteiger partial charge in [-0.15, -0.1) is 0 Å². The van der Waals surface area contributed by atoms with Crippen LogP contribution in [0.1, 0.15) is 174 Å². The Labute approximate surface area is 513 Å². The van der Waals surface area contributed by atoms with E-state index < -0.39 is 124 Å². The third-order valence-corrected chi connectivity index (χ3v) is 15.3. The van der Waals surface area contributed by atoms with Crippen molar-refractivity contribution < 1.29 is 89.4 Å². The molecule has 19 nitrogen and oxygen atoms in total. The van der Waals surface area contributed by atoms with E-state index in [1.165, 1.54) is 32.1 Å².